The minimum absolute atomic E-state index is 0.297. The van der Waals surface area contributed by atoms with Gasteiger partial charge in [-0.05, 0) is 10.8 Å². The van der Waals surface area contributed by atoms with Crippen molar-refractivity contribution in [2.75, 3.05) is 13.2 Å². The first kappa shape index (κ1) is 15.9. The first-order valence-electron chi connectivity index (χ1n) is 5.01. The largest absolute Gasteiger partial charge is 0.380 e. The number of nitrogens with zero attached hydrogens (tertiary/aromatic N) is 1. The van der Waals surface area contributed by atoms with E-state index in [4.69, 9.17) is 10.00 Å². The van der Waals surface area contributed by atoms with Crippen molar-refractivity contribution in [1.29, 1.82) is 5.26 Å². The average molecular weight is 199 g/mol. The molecule has 0 atom stereocenters. The Balaban J connectivity index is 0. The molecule has 2 heteroatoms. The molecule has 0 aromatic rings. The molecule has 2 nitrogen and oxygen atoms in total. The Morgan fingerprint density at radius 1 is 0.929 bits per heavy atom. The zero-order chi connectivity index (χ0) is 11.8. The van der Waals surface area contributed by atoms with Crippen LogP contribution in [0, 0.1) is 22.2 Å². The van der Waals surface area contributed by atoms with Gasteiger partial charge in [-0.3, -0.25) is 0 Å². The van der Waals surface area contributed by atoms with Crippen LogP contribution >= 0.6 is 0 Å². The van der Waals surface area contributed by atoms with E-state index in [0.29, 0.717) is 10.8 Å². The third-order valence-electron chi connectivity index (χ3n) is 1.07. The highest BCUT2D eigenvalue weighted by Crippen LogP contribution is 2.17. The van der Waals surface area contributed by atoms with E-state index in [9.17, 15) is 0 Å². The van der Waals surface area contributed by atoms with Crippen LogP contribution in [0.2, 0.25) is 0 Å². The maximum atomic E-state index is 7.32. The molecular weight excluding hydrogens is 174 g/mol. The second-order valence-electron chi connectivity index (χ2n) is 5.84. The molecule has 0 radical (unpaired) electrons. The molecule has 0 rings (SSSR count). The molecule has 0 aliphatic heterocycles. The van der Waals surface area contributed by atoms with Crippen molar-refractivity contribution in [2.24, 2.45) is 10.8 Å². The Morgan fingerprint density at radius 3 is 1.29 bits per heavy atom. The lowest BCUT2D eigenvalue weighted by molar-refractivity contribution is 0.0275. The molecule has 0 aliphatic rings. The molecule has 0 heterocycles. The number of nitriles is 1. The summed E-state index contributed by atoms with van der Waals surface area (Å²) in [4.78, 5) is 0. The van der Waals surface area contributed by atoms with Gasteiger partial charge in [0.25, 0.3) is 0 Å². The highest BCUT2D eigenvalue weighted by atomic mass is 16.5. The van der Waals surface area contributed by atoms with Crippen molar-refractivity contribution in [1.82, 2.24) is 0 Å². The van der Waals surface area contributed by atoms with Gasteiger partial charge in [-0.25, -0.2) is 0 Å². The van der Waals surface area contributed by atoms with Gasteiger partial charge in [0, 0.05) is 6.92 Å². The van der Waals surface area contributed by atoms with Gasteiger partial charge in [-0.2, -0.15) is 5.26 Å². The normalized spacial score (nSPS) is 11.3. The van der Waals surface area contributed by atoms with Crippen molar-refractivity contribution in [3.05, 3.63) is 0 Å². The van der Waals surface area contributed by atoms with Crippen LogP contribution in [-0.2, 0) is 4.74 Å². The lowest BCUT2D eigenvalue weighted by Gasteiger charge is -2.23. The summed E-state index contributed by atoms with van der Waals surface area (Å²) in [6.45, 7) is 16.3. The fourth-order valence-electron chi connectivity index (χ4n) is 0.663. The van der Waals surface area contributed by atoms with E-state index in [1.54, 1.807) is 6.07 Å². The third-order valence-corrected chi connectivity index (χ3v) is 1.07. The van der Waals surface area contributed by atoms with Crippen LogP contribution in [0.4, 0.5) is 0 Å². The maximum absolute atomic E-state index is 7.32. The highest BCUT2D eigenvalue weighted by molar-refractivity contribution is 4.63. The molecule has 14 heavy (non-hydrogen) atoms. The molecule has 0 bridgehead atoms. The summed E-state index contributed by atoms with van der Waals surface area (Å²) in [5.74, 6) is 0. The van der Waals surface area contributed by atoms with Gasteiger partial charge in [0.2, 0.25) is 0 Å². The van der Waals surface area contributed by atoms with Crippen LogP contribution < -0.4 is 0 Å². The molecule has 0 fully saturated rings. The van der Waals surface area contributed by atoms with Gasteiger partial charge < -0.3 is 4.74 Å². The Kier molecular flexibility index (Phi) is 7.77. The lowest BCUT2D eigenvalue weighted by Crippen LogP contribution is -2.21. The average Bonchev–Trinajstić information content (AvgIpc) is 1.81. The summed E-state index contributed by atoms with van der Waals surface area (Å²) in [6.07, 6.45) is 0. The molecule has 0 saturated carbocycles. The van der Waals surface area contributed by atoms with Crippen molar-refractivity contribution < 1.29 is 4.74 Å². The first-order chi connectivity index (χ1) is 6.12. The molecule has 0 saturated heterocycles. The minimum atomic E-state index is 0.297. The van der Waals surface area contributed by atoms with E-state index in [1.165, 1.54) is 6.92 Å². The van der Waals surface area contributed by atoms with Gasteiger partial charge >= 0.3 is 0 Å². The predicted octanol–water partition coefficient (Wildman–Crippen LogP) is 3.63. The van der Waals surface area contributed by atoms with E-state index in [0.717, 1.165) is 13.2 Å². The van der Waals surface area contributed by atoms with Crippen LogP contribution in [0.3, 0.4) is 0 Å². The molecule has 84 valence electrons. The molecule has 0 unspecified atom stereocenters. The topological polar surface area (TPSA) is 33.0 Å². The number of rotatable bonds is 2. The van der Waals surface area contributed by atoms with Crippen LogP contribution in [0.15, 0.2) is 0 Å². The molecule has 0 aromatic carbocycles. The van der Waals surface area contributed by atoms with E-state index >= 15 is 0 Å². The van der Waals surface area contributed by atoms with Crippen LogP contribution in [0.1, 0.15) is 48.5 Å². The van der Waals surface area contributed by atoms with Crippen LogP contribution in [-0.4, -0.2) is 13.2 Å². The van der Waals surface area contributed by atoms with E-state index < -0.39 is 0 Å². The first-order valence-corrected chi connectivity index (χ1v) is 5.01. The second-order valence-corrected chi connectivity index (χ2v) is 5.84. The number of hydrogen-bond donors (Lipinski definition) is 0. The molecule has 0 N–H and O–H groups in total. The molecule has 0 spiro atoms. The number of hydrogen-bond acceptors (Lipinski definition) is 2. The van der Waals surface area contributed by atoms with Gasteiger partial charge in [0.15, 0.2) is 0 Å². The van der Waals surface area contributed by atoms with E-state index in [2.05, 4.69) is 41.5 Å². The van der Waals surface area contributed by atoms with Crippen molar-refractivity contribution in [2.45, 2.75) is 48.5 Å². The summed E-state index contributed by atoms with van der Waals surface area (Å²) >= 11 is 0. The quantitative estimate of drug-likeness (QED) is 0.680. The maximum Gasteiger partial charge on any atom is 0.0587 e. The van der Waals surface area contributed by atoms with Gasteiger partial charge in [-0.15, -0.1) is 0 Å². The Hall–Kier alpha value is -0.550. The Morgan fingerprint density at radius 2 is 1.14 bits per heavy atom. The summed E-state index contributed by atoms with van der Waals surface area (Å²) in [5, 5.41) is 7.32. The summed E-state index contributed by atoms with van der Waals surface area (Å²) in [6, 6.07) is 1.75. The van der Waals surface area contributed by atoms with Crippen molar-refractivity contribution >= 4 is 0 Å². The third kappa shape index (κ3) is 22.5. The Bertz CT molecular complexity index is 152. The zero-order valence-electron chi connectivity index (χ0n) is 10.8. The van der Waals surface area contributed by atoms with Crippen LogP contribution in [0.5, 0.6) is 0 Å². The summed E-state index contributed by atoms with van der Waals surface area (Å²) in [5.41, 5.74) is 0.594. The van der Waals surface area contributed by atoms with E-state index in [-0.39, 0.29) is 0 Å². The molecule has 0 aliphatic carbocycles. The van der Waals surface area contributed by atoms with Crippen molar-refractivity contribution in [3.8, 4) is 6.07 Å². The summed E-state index contributed by atoms with van der Waals surface area (Å²) in [7, 11) is 0. The molecule has 0 aromatic heterocycles. The monoisotopic (exact) mass is 199 g/mol. The van der Waals surface area contributed by atoms with E-state index in [1.807, 2.05) is 0 Å². The number of ether oxygens (including phenoxy) is 1. The Labute approximate surface area is 89.3 Å². The fourth-order valence-corrected chi connectivity index (χ4v) is 0.663. The van der Waals surface area contributed by atoms with Gasteiger partial charge in [0.05, 0.1) is 19.3 Å². The van der Waals surface area contributed by atoms with Gasteiger partial charge in [-0.1, -0.05) is 41.5 Å². The minimum Gasteiger partial charge on any atom is -0.380 e. The predicted molar refractivity (Wildman–Crippen MR) is 61.0 cm³/mol. The second kappa shape index (κ2) is 6.84. The fraction of sp³-hybridized carbons (Fsp3) is 0.917. The summed E-state index contributed by atoms with van der Waals surface area (Å²) < 4.78 is 5.56. The standard InChI is InChI=1S/C10H22O.C2H3N/c1-9(2,3)7-11-8-10(4,5)6;1-2-3/h7-8H2,1-6H3;1H3. The molecular formula is C12H25NO. The lowest BCUT2D eigenvalue weighted by atomic mass is 9.97. The SMILES string of the molecule is CC#N.CC(C)(C)COCC(C)(C)C. The van der Waals surface area contributed by atoms with Gasteiger partial charge in [0.1, 0.15) is 0 Å². The van der Waals surface area contributed by atoms with Crippen LogP contribution in [0.25, 0.3) is 0 Å². The molecule has 0 amide bonds. The van der Waals surface area contributed by atoms with Crippen molar-refractivity contribution in [3.63, 3.8) is 0 Å². The zero-order valence-corrected chi connectivity index (χ0v) is 10.8. The smallest absolute Gasteiger partial charge is 0.0587 e. The highest BCUT2D eigenvalue weighted by Gasteiger charge is 2.14.